The van der Waals surface area contributed by atoms with Gasteiger partial charge in [-0.2, -0.15) is 0 Å². The number of rotatable bonds is 5. The monoisotopic (exact) mass is 474 g/mol. The molecular formula is C25H26N6O4. The topological polar surface area (TPSA) is 110 Å². The molecule has 1 N–H and O–H groups in total. The van der Waals surface area contributed by atoms with Gasteiger partial charge in [0, 0.05) is 62.1 Å². The van der Waals surface area contributed by atoms with Crippen LogP contribution in [-0.4, -0.2) is 69.2 Å². The van der Waals surface area contributed by atoms with Crippen LogP contribution in [0.1, 0.15) is 18.5 Å². The van der Waals surface area contributed by atoms with Crippen molar-refractivity contribution >= 4 is 17.9 Å². The number of amides is 4. The van der Waals surface area contributed by atoms with E-state index in [0.717, 1.165) is 29.8 Å². The summed E-state index contributed by atoms with van der Waals surface area (Å²) in [6, 6.07) is 10.2. The number of hydrogen-bond acceptors (Lipinski definition) is 7. The third-order valence-electron chi connectivity index (χ3n) is 6.06. The molecule has 2 aliphatic heterocycles. The Labute approximate surface area is 202 Å². The SMILES string of the molecule is Cc1ccc(-c2cc(Oc3ccc(NC(=O)N4CCN(C5CCOCC5)C4=O)nc3)ccn2)cn1. The lowest BCUT2D eigenvalue weighted by atomic mass is 10.1. The van der Waals surface area contributed by atoms with Crippen molar-refractivity contribution in [2.24, 2.45) is 0 Å². The molecule has 0 spiro atoms. The largest absolute Gasteiger partial charge is 0.456 e. The highest BCUT2D eigenvalue weighted by atomic mass is 16.5. The Balaban J connectivity index is 1.19. The molecule has 3 aromatic heterocycles. The first-order valence-corrected chi connectivity index (χ1v) is 11.6. The molecule has 4 amide bonds. The molecule has 0 aromatic carbocycles. The number of nitrogens with zero attached hydrogens (tertiary/aromatic N) is 5. The van der Waals surface area contributed by atoms with Crippen molar-refractivity contribution in [3.8, 4) is 22.8 Å². The molecule has 10 nitrogen and oxygen atoms in total. The standard InChI is InChI=1S/C25H26N6O4/c1-17-2-3-18(15-27-17)22-14-20(6-9-26-22)35-21-4-5-23(28-16-21)29-24(32)31-11-10-30(25(31)33)19-7-12-34-13-8-19/h2-6,9,14-16,19H,7-8,10-13H2,1H3,(H,28,29,32). The molecular weight excluding hydrogens is 448 g/mol. The molecule has 35 heavy (non-hydrogen) atoms. The van der Waals surface area contributed by atoms with Gasteiger partial charge in [-0.15, -0.1) is 0 Å². The van der Waals surface area contributed by atoms with Gasteiger partial charge in [0.1, 0.15) is 17.3 Å². The van der Waals surface area contributed by atoms with E-state index in [1.54, 1.807) is 35.5 Å². The van der Waals surface area contributed by atoms with Crippen molar-refractivity contribution < 1.29 is 19.1 Å². The van der Waals surface area contributed by atoms with Crippen LogP contribution in [-0.2, 0) is 4.74 Å². The van der Waals surface area contributed by atoms with E-state index in [2.05, 4.69) is 20.3 Å². The first kappa shape index (κ1) is 22.7. The molecule has 180 valence electrons. The zero-order valence-corrected chi connectivity index (χ0v) is 19.4. The molecule has 0 radical (unpaired) electrons. The number of carbonyl (C=O) groups is 2. The zero-order chi connectivity index (χ0) is 24.2. The third kappa shape index (κ3) is 5.22. The Morgan fingerprint density at radius 3 is 2.63 bits per heavy atom. The van der Waals surface area contributed by atoms with Gasteiger partial charge in [-0.05, 0) is 50.1 Å². The Hall–Kier alpha value is -4.05. The maximum absolute atomic E-state index is 12.7. The lowest BCUT2D eigenvalue weighted by Crippen LogP contribution is -2.44. The molecule has 2 fully saturated rings. The second-order valence-electron chi connectivity index (χ2n) is 8.45. The van der Waals surface area contributed by atoms with Crippen molar-refractivity contribution in [1.82, 2.24) is 24.8 Å². The van der Waals surface area contributed by atoms with Crippen LogP contribution in [0.4, 0.5) is 15.4 Å². The molecule has 10 heteroatoms. The lowest BCUT2D eigenvalue weighted by Gasteiger charge is -2.30. The first-order chi connectivity index (χ1) is 17.1. The van der Waals surface area contributed by atoms with E-state index >= 15 is 0 Å². The Bertz CT molecular complexity index is 1200. The summed E-state index contributed by atoms with van der Waals surface area (Å²) in [7, 11) is 0. The lowest BCUT2D eigenvalue weighted by molar-refractivity contribution is 0.0510. The predicted octanol–water partition coefficient (Wildman–Crippen LogP) is 4.09. The summed E-state index contributed by atoms with van der Waals surface area (Å²) in [6.07, 6.45) is 6.55. The predicted molar refractivity (Wildman–Crippen MR) is 128 cm³/mol. The molecule has 0 bridgehead atoms. The fraction of sp³-hybridized carbons (Fsp3) is 0.320. The van der Waals surface area contributed by atoms with E-state index in [-0.39, 0.29) is 12.1 Å². The second kappa shape index (κ2) is 10.1. The molecule has 0 aliphatic carbocycles. The van der Waals surface area contributed by atoms with Crippen molar-refractivity contribution in [3.05, 3.63) is 60.7 Å². The smallest absolute Gasteiger partial charge is 0.331 e. The summed E-state index contributed by atoms with van der Waals surface area (Å²) in [5.41, 5.74) is 2.58. The normalized spacial score (nSPS) is 16.4. The van der Waals surface area contributed by atoms with Gasteiger partial charge in [-0.1, -0.05) is 0 Å². The van der Waals surface area contributed by atoms with Gasteiger partial charge in [-0.3, -0.25) is 15.3 Å². The molecule has 5 heterocycles. The number of aryl methyl sites for hydroxylation is 1. The number of hydrogen-bond donors (Lipinski definition) is 1. The fourth-order valence-electron chi connectivity index (χ4n) is 4.16. The van der Waals surface area contributed by atoms with Crippen molar-refractivity contribution in [1.29, 1.82) is 0 Å². The number of imide groups is 1. The highest BCUT2D eigenvalue weighted by Gasteiger charge is 2.37. The number of carbonyl (C=O) groups excluding carboxylic acids is 2. The average Bonchev–Trinajstić information content (AvgIpc) is 3.28. The zero-order valence-electron chi connectivity index (χ0n) is 19.4. The molecule has 0 atom stereocenters. The van der Waals surface area contributed by atoms with Crippen LogP contribution in [0.15, 0.2) is 55.0 Å². The molecule has 3 aromatic rings. The van der Waals surface area contributed by atoms with Crippen LogP contribution >= 0.6 is 0 Å². The van der Waals surface area contributed by atoms with E-state index in [1.807, 2.05) is 25.1 Å². The van der Waals surface area contributed by atoms with Crippen LogP contribution < -0.4 is 10.1 Å². The minimum absolute atomic E-state index is 0.125. The van der Waals surface area contributed by atoms with E-state index in [0.29, 0.717) is 43.6 Å². The minimum Gasteiger partial charge on any atom is -0.456 e. The number of anilines is 1. The summed E-state index contributed by atoms with van der Waals surface area (Å²) in [4.78, 5) is 41.4. The second-order valence-corrected chi connectivity index (χ2v) is 8.45. The summed E-state index contributed by atoms with van der Waals surface area (Å²) in [6.45, 7) is 4.10. The van der Waals surface area contributed by atoms with Gasteiger partial charge in [-0.25, -0.2) is 19.5 Å². The number of ether oxygens (including phenoxy) is 2. The van der Waals surface area contributed by atoms with Gasteiger partial charge in [0.25, 0.3) is 0 Å². The summed E-state index contributed by atoms with van der Waals surface area (Å²) < 4.78 is 11.3. The summed E-state index contributed by atoms with van der Waals surface area (Å²) in [5, 5.41) is 2.70. The van der Waals surface area contributed by atoms with E-state index in [1.165, 1.54) is 11.1 Å². The van der Waals surface area contributed by atoms with Gasteiger partial charge in [0.05, 0.1) is 11.9 Å². The van der Waals surface area contributed by atoms with E-state index in [9.17, 15) is 9.59 Å². The number of pyridine rings is 3. The van der Waals surface area contributed by atoms with Gasteiger partial charge >= 0.3 is 12.1 Å². The molecule has 2 saturated heterocycles. The molecule has 0 unspecified atom stereocenters. The van der Waals surface area contributed by atoms with Crippen LogP contribution in [0.2, 0.25) is 0 Å². The van der Waals surface area contributed by atoms with Crippen molar-refractivity contribution in [3.63, 3.8) is 0 Å². The minimum atomic E-state index is -0.490. The van der Waals surface area contributed by atoms with Crippen LogP contribution in [0.5, 0.6) is 11.5 Å². The maximum Gasteiger partial charge on any atom is 0.331 e. The fourth-order valence-corrected chi connectivity index (χ4v) is 4.16. The number of urea groups is 2. The van der Waals surface area contributed by atoms with Gasteiger partial charge < -0.3 is 14.4 Å². The van der Waals surface area contributed by atoms with Crippen molar-refractivity contribution in [2.45, 2.75) is 25.8 Å². The Morgan fingerprint density at radius 1 is 1.03 bits per heavy atom. The third-order valence-corrected chi connectivity index (χ3v) is 6.06. The van der Waals surface area contributed by atoms with Crippen LogP contribution in [0, 0.1) is 6.92 Å². The summed E-state index contributed by atoms with van der Waals surface area (Å²) >= 11 is 0. The Kier molecular flexibility index (Phi) is 6.53. The highest BCUT2D eigenvalue weighted by molar-refractivity contribution is 6.01. The van der Waals surface area contributed by atoms with E-state index in [4.69, 9.17) is 9.47 Å². The Morgan fingerprint density at radius 2 is 1.89 bits per heavy atom. The first-order valence-electron chi connectivity index (χ1n) is 11.6. The van der Waals surface area contributed by atoms with Gasteiger partial charge in [0.2, 0.25) is 0 Å². The van der Waals surface area contributed by atoms with Crippen LogP contribution in [0.25, 0.3) is 11.3 Å². The van der Waals surface area contributed by atoms with Gasteiger partial charge in [0.15, 0.2) is 0 Å². The molecule has 0 saturated carbocycles. The van der Waals surface area contributed by atoms with E-state index < -0.39 is 6.03 Å². The highest BCUT2D eigenvalue weighted by Crippen LogP contribution is 2.26. The summed E-state index contributed by atoms with van der Waals surface area (Å²) in [5.74, 6) is 1.44. The average molecular weight is 475 g/mol. The number of aromatic nitrogens is 3. The molecule has 2 aliphatic rings. The maximum atomic E-state index is 12.7. The van der Waals surface area contributed by atoms with Crippen LogP contribution in [0.3, 0.4) is 0 Å². The quantitative estimate of drug-likeness (QED) is 0.593. The molecule has 5 rings (SSSR count). The number of nitrogens with one attached hydrogen (secondary N) is 1. The van der Waals surface area contributed by atoms with Crippen molar-refractivity contribution in [2.75, 3.05) is 31.6 Å².